The zero-order valence-electron chi connectivity index (χ0n) is 50.8. The minimum Gasteiger partial charge on any atom is -0.466 e. The maximum atomic E-state index is 12.5. The van der Waals surface area contributed by atoms with Gasteiger partial charge >= 0.3 is 5.97 Å². The van der Waals surface area contributed by atoms with Gasteiger partial charge in [-0.25, -0.2) is 0 Å². The lowest BCUT2D eigenvalue weighted by Crippen LogP contribution is -2.45. The molecule has 6 nitrogen and oxygen atoms in total. The second-order valence-corrected chi connectivity index (χ2v) is 23.5. The number of allylic oxidation sites excluding steroid dienone is 3. The highest BCUT2D eigenvalue weighted by Crippen LogP contribution is 2.18. The van der Waals surface area contributed by atoms with Crippen LogP contribution in [0.3, 0.4) is 0 Å². The molecule has 0 aromatic heterocycles. The fourth-order valence-corrected chi connectivity index (χ4v) is 10.7. The van der Waals surface area contributed by atoms with Crippen LogP contribution < -0.4 is 5.32 Å². The molecule has 0 aromatic rings. The molecule has 0 saturated carbocycles. The van der Waals surface area contributed by atoms with E-state index in [-0.39, 0.29) is 18.5 Å². The number of nitrogens with one attached hydrogen (secondary N) is 1. The van der Waals surface area contributed by atoms with Crippen LogP contribution in [0.5, 0.6) is 0 Å². The zero-order chi connectivity index (χ0) is 54.3. The minimum absolute atomic E-state index is 0.0167. The Bertz CT molecular complexity index is 1170. The van der Waals surface area contributed by atoms with Crippen molar-refractivity contribution in [2.75, 3.05) is 13.2 Å². The van der Waals surface area contributed by atoms with Crippen LogP contribution in [0, 0.1) is 0 Å². The summed E-state index contributed by atoms with van der Waals surface area (Å²) >= 11 is 0. The highest BCUT2D eigenvalue weighted by molar-refractivity contribution is 5.76. The van der Waals surface area contributed by atoms with Gasteiger partial charge in [-0.3, -0.25) is 9.59 Å². The van der Waals surface area contributed by atoms with Gasteiger partial charge < -0.3 is 20.3 Å². The molecule has 6 heteroatoms. The Morgan fingerprint density at radius 1 is 0.360 bits per heavy atom. The second-order valence-electron chi connectivity index (χ2n) is 23.5. The summed E-state index contributed by atoms with van der Waals surface area (Å²) in [6, 6.07) is -0.628. The molecule has 2 atom stereocenters. The van der Waals surface area contributed by atoms with Crippen molar-refractivity contribution < 1.29 is 24.5 Å². The van der Waals surface area contributed by atoms with E-state index < -0.39 is 12.1 Å². The summed E-state index contributed by atoms with van der Waals surface area (Å²) in [4.78, 5) is 24.5. The molecule has 0 bridgehead atoms. The Hall–Kier alpha value is -1.66. The lowest BCUT2D eigenvalue weighted by atomic mass is 10.0. The first-order valence-electron chi connectivity index (χ1n) is 34.1. The number of rotatable bonds is 64. The molecule has 3 N–H and O–H groups in total. The summed E-state index contributed by atoms with van der Waals surface area (Å²) in [5.41, 5.74) is 0. The van der Waals surface area contributed by atoms with Crippen LogP contribution >= 0.6 is 0 Å². The number of ether oxygens (including phenoxy) is 1. The first-order chi connectivity index (χ1) is 37.0. The Balaban J connectivity index is 3.40. The minimum atomic E-state index is -0.844. The fraction of sp³-hybridized carbons (Fsp3) is 0.913. The van der Waals surface area contributed by atoms with Crippen molar-refractivity contribution >= 4 is 11.9 Å². The van der Waals surface area contributed by atoms with Crippen LogP contribution in [0.2, 0.25) is 0 Å². The number of esters is 1. The molecule has 2 unspecified atom stereocenters. The molecule has 0 saturated heterocycles. The van der Waals surface area contributed by atoms with E-state index in [1.54, 1.807) is 6.08 Å². The first-order valence-corrected chi connectivity index (χ1v) is 34.1. The number of carbonyl (C=O) groups is 2. The number of aliphatic hydroxyl groups excluding tert-OH is 2. The summed E-state index contributed by atoms with van der Waals surface area (Å²) in [7, 11) is 0. The van der Waals surface area contributed by atoms with Gasteiger partial charge in [-0.1, -0.05) is 334 Å². The number of aliphatic hydroxyl groups is 2. The molecule has 0 aromatic carbocycles. The Morgan fingerprint density at radius 2 is 0.627 bits per heavy atom. The normalized spacial score (nSPS) is 12.6. The van der Waals surface area contributed by atoms with Gasteiger partial charge in [0.15, 0.2) is 0 Å². The first kappa shape index (κ1) is 73.3. The molecule has 1 amide bonds. The van der Waals surface area contributed by atoms with E-state index in [2.05, 4.69) is 31.3 Å². The summed E-state index contributed by atoms with van der Waals surface area (Å²) in [6.45, 7) is 4.94. The Kier molecular flexibility index (Phi) is 63.4. The molecule has 0 spiro atoms. The Morgan fingerprint density at radius 3 is 0.947 bits per heavy atom. The van der Waals surface area contributed by atoms with Crippen LogP contribution in [0.25, 0.3) is 0 Å². The Labute approximate surface area is 469 Å². The van der Waals surface area contributed by atoms with Crippen molar-refractivity contribution in [1.29, 1.82) is 0 Å². The molecule has 444 valence electrons. The van der Waals surface area contributed by atoms with Crippen molar-refractivity contribution in [2.45, 2.75) is 392 Å². The van der Waals surface area contributed by atoms with Gasteiger partial charge in [0.25, 0.3) is 0 Å². The van der Waals surface area contributed by atoms with Crippen LogP contribution in [0.15, 0.2) is 24.3 Å². The van der Waals surface area contributed by atoms with E-state index in [1.807, 2.05) is 6.08 Å². The maximum absolute atomic E-state index is 12.5. The molecular weight excluding hydrogens is 923 g/mol. The summed E-state index contributed by atoms with van der Waals surface area (Å²) in [5.74, 6) is -0.0480. The van der Waals surface area contributed by atoms with Gasteiger partial charge in [-0.2, -0.15) is 0 Å². The van der Waals surface area contributed by atoms with Crippen LogP contribution in [-0.4, -0.2) is 47.4 Å². The quantitative estimate of drug-likeness (QED) is 0.0320. The van der Waals surface area contributed by atoms with E-state index in [1.165, 1.54) is 315 Å². The van der Waals surface area contributed by atoms with Crippen molar-refractivity contribution in [3.8, 4) is 0 Å². The monoisotopic (exact) mass is 1060 g/mol. The van der Waals surface area contributed by atoms with Gasteiger partial charge in [0, 0.05) is 12.8 Å². The maximum Gasteiger partial charge on any atom is 0.305 e. The predicted octanol–water partition coefficient (Wildman–Crippen LogP) is 21.8. The summed E-state index contributed by atoms with van der Waals surface area (Å²) in [5, 5.41) is 23.2. The van der Waals surface area contributed by atoms with E-state index in [9.17, 15) is 19.8 Å². The van der Waals surface area contributed by atoms with Gasteiger partial charge in [0.2, 0.25) is 5.91 Å². The number of hydrogen-bond acceptors (Lipinski definition) is 5. The van der Waals surface area contributed by atoms with Crippen molar-refractivity contribution in [1.82, 2.24) is 5.32 Å². The molecular formula is C69H133NO5. The molecule has 0 radical (unpaired) electrons. The summed E-state index contributed by atoms with van der Waals surface area (Å²) in [6.07, 6.45) is 81.0. The van der Waals surface area contributed by atoms with E-state index in [4.69, 9.17) is 4.74 Å². The molecule has 0 fully saturated rings. The van der Waals surface area contributed by atoms with Gasteiger partial charge in [0.1, 0.15) is 0 Å². The van der Waals surface area contributed by atoms with Crippen LogP contribution in [0.1, 0.15) is 380 Å². The van der Waals surface area contributed by atoms with E-state index in [0.29, 0.717) is 19.4 Å². The van der Waals surface area contributed by atoms with E-state index in [0.717, 1.165) is 38.5 Å². The fourth-order valence-electron chi connectivity index (χ4n) is 10.7. The predicted molar refractivity (Wildman–Crippen MR) is 329 cm³/mol. The SMILES string of the molecule is CCCCCCCCCCCCCCCCCC/C=C/C(O)C(CO)NC(=O)CCCCCCCCCCCCCC/C=C\CCCCCCCCCCCCCCOC(=O)CCCCCCCCCCCCCC. The van der Waals surface area contributed by atoms with Gasteiger partial charge in [-0.15, -0.1) is 0 Å². The second kappa shape index (κ2) is 64.9. The van der Waals surface area contributed by atoms with Gasteiger partial charge in [0.05, 0.1) is 25.4 Å². The van der Waals surface area contributed by atoms with E-state index >= 15 is 0 Å². The largest absolute Gasteiger partial charge is 0.466 e. The topological polar surface area (TPSA) is 95.9 Å². The zero-order valence-corrected chi connectivity index (χ0v) is 50.8. The number of carbonyl (C=O) groups excluding carboxylic acids is 2. The summed E-state index contributed by atoms with van der Waals surface area (Å²) < 4.78 is 5.48. The molecule has 0 aliphatic rings. The van der Waals surface area contributed by atoms with Crippen LogP contribution in [-0.2, 0) is 14.3 Å². The third-order valence-electron chi connectivity index (χ3n) is 16.0. The third kappa shape index (κ3) is 61.4. The average molecular weight is 1060 g/mol. The highest BCUT2D eigenvalue weighted by Gasteiger charge is 2.18. The third-order valence-corrected chi connectivity index (χ3v) is 16.0. The molecule has 0 aliphatic carbocycles. The van der Waals surface area contributed by atoms with Crippen molar-refractivity contribution in [3.05, 3.63) is 24.3 Å². The van der Waals surface area contributed by atoms with Crippen molar-refractivity contribution in [2.24, 2.45) is 0 Å². The smallest absolute Gasteiger partial charge is 0.305 e. The average Bonchev–Trinajstić information content (AvgIpc) is 3.41. The molecule has 0 heterocycles. The van der Waals surface area contributed by atoms with Crippen LogP contribution in [0.4, 0.5) is 0 Å². The number of unbranched alkanes of at least 4 members (excludes halogenated alkanes) is 51. The van der Waals surface area contributed by atoms with Gasteiger partial charge in [-0.05, 0) is 57.8 Å². The highest BCUT2D eigenvalue weighted by atomic mass is 16.5. The lowest BCUT2D eigenvalue weighted by molar-refractivity contribution is -0.143. The molecule has 75 heavy (non-hydrogen) atoms. The molecule has 0 rings (SSSR count). The number of amides is 1. The standard InChI is InChI=1S/C69H133NO5/c1-3-5-7-9-11-13-15-17-18-19-32-35-38-41-45-49-53-57-61-67(72)66(65-71)70-68(73)62-58-54-50-46-42-39-36-33-30-28-26-24-22-20-21-23-25-27-29-31-34-37-40-44-48-52-56-60-64-75-69(74)63-59-55-51-47-43-16-14-12-10-8-6-4-2/h20-21,57,61,66-67,71-72H,3-19,22-56,58-60,62-65H2,1-2H3,(H,70,73)/b21-20-,61-57+. The number of hydrogen-bond donors (Lipinski definition) is 3. The van der Waals surface area contributed by atoms with Crippen molar-refractivity contribution in [3.63, 3.8) is 0 Å². The molecule has 0 aliphatic heterocycles. The lowest BCUT2D eigenvalue weighted by Gasteiger charge is -2.20.